The van der Waals surface area contributed by atoms with Crippen LogP contribution in [0.25, 0.3) is 10.8 Å². The fourth-order valence-corrected chi connectivity index (χ4v) is 3.50. The number of hydrogen-bond acceptors (Lipinski definition) is 8. The minimum atomic E-state index is -0.882. The summed E-state index contributed by atoms with van der Waals surface area (Å²) in [7, 11) is 0. The third kappa shape index (κ3) is 5.80. The second kappa shape index (κ2) is 9.08. The zero-order valence-electron chi connectivity index (χ0n) is 17.2. The van der Waals surface area contributed by atoms with Gasteiger partial charge in [0.25, 0.3) is 0 Å². The second-order valence-electron chi connectivity index (χ2n) is 7.17. The number of ether oxygens (including phenoxy) is 2. The van der Waals surface area contributed by atoms with E-state index in [1.165, 1.54) is 19.4 Å². The molecule has 2 aromatic heterocycles. The number of rotatable bonds is 6. The van der Waals surface area contributed by atoms with Crippen LogP contribution in [-0.4, -0.2) is 41.2 Å². The van der Waals surface area contributed by atoms with E-state index >= 15 is 0 Å². The SMILES string of the molecule is CCOC(=O)c1c(NC(=O)N[C@H](C)C(=O)OC(C)(C)C)sc(-c2ncco2)c1C. The molecular weight excluding hydrogens is 398 g/mol. The van der Waals surface area contributed by atoms with Gasteiger partial charge in [0.15, 0.2) is 0 Å². The highest BCUT2D eigenvalue weighted by Crippen LogP contribution is 2.39. The van der Waals surface area contributed by atoms with Crippen LogP contribution < -0.4 is 10.6 Å². The fraction of sp³-hybridized carbons (Fsp3) is 0.474. The molecule has 9 nitrogen and oxygen atoms in total. The molecule has 0 saturated carbocycles. The van der Waals surface area contributed by atoms with Gasteiger partial charge < -0.3 is 19.2 Å². The Morgan fingerprint density at radius 3 is 2.55 bits per heavy atom. The van der Waals surface area contributed by atoms with E-state index in [1.54, 1.807) is 34.6 Å². The number of nitrogens with one attached hydrogen (secondary N) is 2. The van der Waals surface area contributed by atoms with Crippen LogP contribution in [0.2, 0.25) is 0 Å². The number of thiophene rings is 1. The number of carbonyl (C=O) groups excluding carboxylic acids is 3. The van der Waals surface area contributed by atoms with Gasteiger partial charge in [0.1, 0.15) is 22.9 Å². The van der Waals surface area contributed by atoms with Gasteiger partial charge >= 0.3 is 18.0 Å². The lowest BCUT2D eigenvalue weighted by molar-refractivity contribution is -0.156. The van der Waals surface area contributed by atoms with Gasteiger partial charge in [-0.3, -0.25) is 5.32 Å². The van der Waals surface area contributed by atoms with Crippen molar-refractivity contribution in [1.82, 2.24) is 10.3 Å². The Bertz CT molecular complexity index is 883. The molecule has 2 N–H and O–H groups in total. The summed E-state index contributed by atoms with van der Waals surface area (Å²) >= 11 is 1.13. The molecule has 0 aliphatic carbocycles. The van der Waals surface area contributed by atoms with Crippen LogP contribution in [0, 0.1) is 6.92 Å². The summed E-state index contributed by atoms with van der Waals surface area (Å²) in [5.41, 5.74) is 0.118. The van der Waals surface area contributed by atoms with Crippen LogP contribution >= 0.6 is 11.3 Å². The Labute approximate surface area is 172 Å². The molecule has 158 valence electrons. The number of nitrogens with zero attached hydrogens (tertiary/aromatic N) is 1. The molecule has 2 amide bonds. The van der Waals surface area contributed by atoms with Crippen LogP contribution in [0.3, 0.4) is 0 Å². The van der Waals surface area contributed by atoms with Gasteiger partial charge in [-0.2, -0.15) is 0 Å². The fourth-order valence-electron chi connectivity index (χ4n) is 2.38. The van der Waals surface area contributed by atoms with E-state index in [4.69, 9.17) is 13.9 Å². The second-order valence-corrected chi connectivity index (χ2v) is 8.19. The Balaban J connectivity index is 2.22. The summed E-state index contributed by atoms with van der Waals surface area (Å²) in [6, 6.07) is -1.54. The number of esters is 2. The zero-order chi connectivity index (χ0) is 21.8. The number of carbonyl (C=O) groups is 3. The first-order valence-electron chi connectivity index (χ1n) is 9.04. The highest BCUT2D eigenvalue weighted by Gasteiger charge is 2.27. The number of amides is 2. The van der Waals surface area contributed by atoms with Crippen molar-refractivity contribution in [2.45, 2.75) is 53.2 Å². The van der Waals surface area contributed by atoms with Gasteiger partial charge in [-0.25, -0.2) is 19.4 Å². The molecule has 29 heavy (non-hydrogen) atoms. The number of hydrogen-bond donors (Lipinski definition) is 2. The molecule has 0 fully saturated rings. The first-order chi connectivity index (χ1) is 13.5. The maximum Gasteiger partial charge on any atom is 0.341 e. The van der Waals surface area contributed by atoms with E-state index < -0.39 is 29.6 Å². The predicted molar refractivity (Wildman–Crippen MR) is 108 cm³/mol. The lowest BCUT2D eigenvalue weighted by Crippen LogP contribution is -2.44. The molecule has 0 bridgehead atoms. The Morgan fingerprint density at radius 1 is 1.31 bits per heavy atom. The van der Waals surface area contributed by atoms with Crippen molar-refractivity contribution in [3.63, 3.8) is 0 Å². The van der Waals surface area contributed by atoms with E-state index in [-0.39, 0.29) is 17.2 Å². The van der Waals surface area contributed by atoms with E-state index in [9.17, 15) is 14.4 Å². The van der Waals surface area contributed by atoms with Crippen LogP contribution in [0.1, 0.15) is 50.5 Å². The number of anilines is 1. The van der Waals surface area contributed by atoms with Crippen LogP contribution in [0.4, 0.5) is 9.80 Å². The molecule has 0 saturated heterocycles. The molecule has 2 heterocycles. The van der Waals surface area contributed by atoms with Gasteiger partial charge in [-0.15, -0.1) is 11.3 Å². The van der Waals surface area contributed by atoms with E-state index in [0.29, 0.717) is 16.3 Å². The van der Waals surface area contributed by atoms with Gasteiger partial charge in [0.05, 0.1) is 23.2 Å². The van der Waals surface area contributed by atoms with Crippen molar-refractivity contribution >= 4 is 34.3 Å². The highest BCUT2D eigenvalue weighted by atomic mass is 32.1. The average Bonchev–Trinajstić information content (AvgIpc) is 3.21. The molecular formula is C19H25N3O6S. The standard InChI is InChI=1S/C19H25N3O6S/c1-7-26-17(24)12-10(2)13(14-20-8-9-27-14)29-15(12)22-18(25)21-11(3)16(23)28-19(4,5)6/h8-9,11H,7H2,1-6H3,(H2,21,22,25)/t11-/m1/s1. The molecule has 0 spiro atoms. The van der Waals surface area contributed by atoms with Crippen molar-refractivity contribution in [3.8, 4) is 10.8 Å². The Kier molecular flexibility index (Phi) is 7.02. The van der Waals surface area contributed by atoms with Crippen molar-refractivity contribution in [1.29, 1.82) is 0 Å². The molecule has 10 heteroatoms. The van der Waals surface area contributed by atoms with Crippen LogP contribution in [-0.2, 0) is 14.3 Å². The van der Waals surface area contributed by atoms with E-state index in [2.05, 4.69) is 15.6 Å². The van der Waals surface area contributed by atoms with E-state index in [1.807, 2.05) is 0 Å². The molecule has 1 atom stereocenters. The van der Waals surface area contributed by atoms with Crippen LogP contribution in [0.15, 0.2) is 16.9 Å². The van der Waals surface area contributed by atoms with Gasteiger partial charge in [0.2, 0.25) is 5.89 Å². The summed E-state index contributed by atoms with van der Waals surface area (Å²) in [5, 5.41) is 5.38. The highest BCUT2D eigenvalue weighted by molar-refractivity contribution is 7.20. The molecule has 0 aliphatic rings. The normalized spacial score (nSPS) is 12.2. The maximum atomic E-state index is 12.4. The number of oxazole rings is 1. The minimum absolute atomic E-state index is 0.184. The minimum Gasteiger partial charge on any atom is -0.462 e. The smallest absolute Gasteiger partial charge is 0.341 e. The van der Waals surface area contributed by atoms with Crippen molar-refractivity contribution in [2.75, 3.05) is 11.9 Å². The third-order valence-corrected chi connectivity index (χ3v) is 4.78. The Hall–Kier alpha value is -2.88. The first-order valence-corrected chi connectivity index (χ1v) is 9.85. The largest absolute Gasteiger partial charge is 0.462 e. The van der Waals surface area contributed by atoms with Crippen molar-refractivity contribution in [3.05, 3.63) is 23.6 Å². The third-order valence-electron chi connectivity index (χ3n) is 3.59. The summed E-state index contributed by atoms with van der Waals surface area (Å²) < 4.78 is 15.7. The Morgan fingerprint density at radius 2 is 2.00 bits per heavy atom. The number of urea groups is 1. The summed E-state index contributed by atoms with van der Waals surface area (Å²) in [4.78, 5) is 41.6. The number of aromatic nitrogens is 1. The molecule has 0 radical (unpaired) electrons. The van der Waals surface area contributed by atoms with Crippen molar-refractivity contribution < 1.29 is 28.3 Å². The van der Waals surface area contributed by atoms with E-state index in [0.717, 1.165) is 11.3 Å². The molecule has 2 rings (SSSR count). The molecule has 2 aromatic rings. The maximum absolute atomic E-state index is 12.4. The quantitative estimate of drug-likeness (QED) is 0.679. The molecule has 0 aromatic carbocycles. The molecule has 0 unspecified atom stereocenters. The first kappa shape index (κ1) is 22.4. The topological polar surface area (TPSA) is 120 Å². The van der Waals surface area contributed by atoms with Gasteiger partial charge in [-0.05, 0) is 47.1 Å². The van der Waals surface area contributed by atoms with Gasteiger partial charge in [-0.1, -0.05) is 0 Å². The van der Waals surface area contributed by atoms with Gasteiger partial charge in [0, 0.05) is 0 Å². The average molecular weight is 423 g/mol. The monoisotopic (exact) mass is 423 g/mol. The lowest BCUT2D eigenvalue weighted by Gasteiger charge is -2.22. The summed E-state index contributed by atoms with van der Waals surface area (Å²) in [6.45, 7) is 10.3. The van der Waals surface area contributed by atoms with Crippen molar-refractivity contribution in [2.24, 2.45) is 0 Å². The summed E-state index contributed by atoms with van der Waals surface area (Å²) in [6.07, 6.45) is 2.90. The summed E-state index contributed by atoms with van der Waals surface area (Å²) in [5.74, 6) is -0.815. The van der Waals surface area contributed by atoms with Crippen LogP contribution in [0.5, 0.6) is 0 Å². The lowest BCUT2D eigenvalue weighted by atomic mass is 10.1. The predicted octanol–water partition coefficient (Wildman–Crippen LogP) is 3.74. The zero-order valence-corrected chi connectivity index (χ0v) is 18.1. The molecule has 0 aliphatic heterocycles.